The van der Waals surface area contributed by atoms with Gasteiger partial charge in [0.1, 0.15) is 0 Å². The SMILES string of the molecule is Cc1c(N[NH3+])cccc1-c1ccccc1.[Cl-]. The summed E-state index contributed by atoms with van der Waals surface area (Å²) in [5.74, 6) is 3.70. The summed E-state index contributed by atoms with van der Waals surface area (Å²) in [7, 11) is 0. The van der Waals surface area contributed by atoms with Crippen LogP contribution in [0.4, 0.5) is 5.69 Å². The van der Waals surface area contributed by atoms with E-state index in [0.29, 0.717) is 0 Å². The van der Waals surface area contributed by atoms with Crippen LogP contribution in [0.2, 0.25) is 0 Å². The van der Waals surface area contributed by atoms with Crippen LogP contribution in [-0.4, -0.2) is 0 Å². The average molecular weight is 235 g/mol. The summed E-state index contributed by atoms with van der Waals surface area (Å²) in [4.78, 5) is 0. The molecule has 0 amide bonds. The molecular formula is C13H15ClN2. The van der Waals surface area contributed by atoms with Gasteiger partial charge in [0.2, 0.25) is 0 Å². The molecular weight excluding hydrogens is 220 g/mol. The van der Waals surface area contributed by atoms with Crippen molar-refractivity contribution in [2.45, 2.75) is 6.92 Å². The summed E-state index contributed by atoms with van der Waals surface area (Å²) in [6, 6.07) is 16.6. The van der Waals surface area contributed by atoms with Crippen molar-refractivity contribution in [3.63, 3.8) is 0 Å². The zero-order chi connectivity index (χ0) is 10.7. The van der Waals surface area contributed by atoms with E-state index in [9.17, 15) is 0 Å². The van der Waals surface area contributed by atoms with Gasteiger partial charge < -0.3 is 12.4 Å². The Balaban J connectivity index is 0.00000128. The lowest BCUT2D eigenvalue weighted by Gasteiger charge is -2.09. The van der Waals surface area contributed by atoms with E-state index >= 15 is 0 Å². The van der Waals surface area contributed by atoms with Gasteiger partial charge in [-0.2, -0.15) is 0 Å². The number of quaternary nitrogens is 1. The largest absolute Gasteiger partial charge is 1.00 e. The van der Waals surface area contributed by atoms with E-state index in [1.54, 1.807) is 0 Å². The van der Waals surface area contributed by atoms with Crippen LogP contribution in [0.1, 0.15) is 5.56 Å². The molecule has 0 aliphatic carbocycles. The van der Waals surface area contributed by atoms with E-state index in [2.05, 4.69) is 48.5 Å². The lowest BCUT2D eigenvalue weighted by atomic mass is 9.99. The molecule has 0 saturated heterocycles. The summed E-state index contributed by atoms with van der Waals surface area (Å²) in [5.41, 5.74) is 7.77. The Kier molecular flexibility index (Phi) is 4.35. The maximum absolute atomic E-state index is 3.70. The van der Waals surface area contributed by atoms with Gasteiger partial charge in [-0.25, -0.2) is 5.43 Å². The second-order valence-electron chi connectivity index (χ2n) is 3.52. The van der Waals surface area contributed by atoms with Gasteiger partial charge in [-0.3, -0.25) is 5.84 Å². The quantitative estimate of drug-likeness (QED) is 0.659. The maximum Gasteiger partial charge on any atom is 0.0882 e. The minimum absolute atomic E-state index is 0. The standard InChI is InChI=1S/C13H14N2.ClH/c1-10-12(8-5-9-13(10)15-14)11-6-3-2-4-7-11;/h2-9,15H,14H2,1H3;1H. The van der Waals surface area contributed by atoms with Crippen LogP contribution in [0.25, 0.3) is 11.1 Å². The van der Waals surface area contributed by atoms with Gasteiger partial charge in [-0.05, 0) is 29.7 Å². The number of anilines is 1. The molecule has 0 spiro atoms. The summed E-state index contributed by atoms with van der Waals surface area (Å²) < 4.78 is 0. The fourth-order valence-corrected chi connectivity index (χ4v) is 1.76. The molecule has 0 unspecified atom stereocenters. The smallest absolute Gasteiger partial charge is 0.0882 e. The monoisotopic (exact) mass is 234 g/mol. The lowest BCUT2D eigenvalue weighted by Crippen LogP contribution is -3.00. The van der Waals surface area contributed by atoms with Gasteiger partial charge in [-0.15, -0.1) is 0 Å². The molecule has 0 aliphatic heterocycles. The second kappa shape index (κ2) is 5.54. The third kappa shape index (κ3) is 2.35. The molecule has 3 heteroatoms. The molecule has 2 aromatic carbocycles. The molecule has 0 heterocycles. The van der Waals surface area contributed by atoms with Gasteiger partial charge in [0.25, 0.3) is 0 Å². The third-order valence-corrected chi connectivity index (χ3v) is 2.61. The zero-order valence-electron chi connectivity index (χ0n) is 9.20. The van der Waals surface area contributed by atoms with Crippen molar-refractivity contribution >= 4 is 5.69 Å². The van der Waals surface area contributed by atoms with Crippen LogP contribution in [0, 0.1) is 6.92 Å². The first-order valence-corrected chi connectivity index (χ1v) is 5.01. The van der Waals surface area contributed by atoms with Crippen molar-refractivity contribution in [1.29, 1.82) is 0 Å². The Labute approximate surface area is 102 Å². The number of benzene rings is 2. The molecule has 0 aromatic heterocycles. The molecule has 84 valence electrons. The van der Waals surface area contributed by atoms with E-state index in [0.717, 1.165) is 5.69 Å². The first-order chi connectivity index (χ1) is 7.33. The van der Waals surface area contributed by atoms with Crippen LogP contribution in [-0.2, 0) is 0 Å². The van der Waals surface area contributed by atoms with Crippen molar-refractivity contribution in [1.82, 2.24) is 0 Å². The first kappa shape index (κ1) is 12.6. The van der Waals surface area contributed by atoms with Gasteiger partial charge in [0, 0.05) is 0 Å². The number of rotatable bonds is 2. The van der Waals surface area contributed by atoms with Crippen molar-refractivity contribution in [3.05, 3.63) is 54.1 Å². The molecule has 2 nitrogen and oxygen atoms in total. The Bertz CT molecular complexity index is 455. The molecule has 2 aromatic rings. The second-order valence-corrected chi connectivity index (χ2v) is 3.52. The molecule has 0 saturated carbocycles. The molecule has 16 heavy (non-hydrogen) atoms. The molecule has 2 rings (SSSR count). The van der Waals surface area contributed by atoms with Crippen LogP contribution in [0.3, 0.4) is 0 Å². The number of hydrogen-bond acceptors (Lipinski definition) is 1. The lowest BCUT2D eigenvalue weighted by molar-refractivity contribution is -0.325. The fraction of sp³-hybridized carbons (Fsp3) is 0.0769. The van der Waals surface area contributed by atoms with Crippen LogP contribution < -0.4 is 23.7 Å². The Hall–Kier alpha value is -1.51. The molecule has 0 radical (unpaired) electrons. The van der Waals surface area contributed by atoms with Crippen molar-refractivity contribution in [2.24, 2.45) is 0 Å². The van der Waals surface area contributed by atoms with E-state index in [1.807, 2.05) is 18.2 Å². The van der Waals surface area contributed by atoms with Crippen LogP contribution >= 0.6 is 0 Å². The van der Waals surface area contributed by atoms with Crippen LogP contribution in [0.5, 0.6) is 0 Å². The highest BCUT2D eigenvalue weighted by atomic mass is 35.5. The van der Waals surface area contributed by atoms with Gasteiger partial charge in [0.05, 0.1) is 5.69 Å². The Morgan fingerprint density at radius 3 is 2.25 bits per heavy atom. The summed E-state index contributed by atoms with van der Waals surface area (Å²) in [6.07, 6.45) is 0. The Morgan fingerprint density at radius 1 is 0.938 bits per heavy atom. The van der Waals surface area contributed by atoms with E-state index in [-0.39, 0.29) is 12.4 Å². The van der Waals surface area contributed by atoms with Crippen molar-refractivity contribution < 1.29 is 18.2 Å². The third-order valence-electron chi connectivity index (χ3n) is 2.61. The van der Waals surface area contributed by atoms with Crippen molar-refractivity contribution in [2.75, 3.05) is 5.43 Å². The van der Waals surface area contributed by atoms with Gasteiger partial charge in [0.15, 0.2) is 0 Å². The highest BCUT2D eigenvalue weighted by Gasteiger charge is 2.04. The fourth-order valence-electron chi connectivity index (χ4n) is 1.76. The minimum Gasteiger partial charge on any atom is -1.00 e. The van der Waals surface area contributed by atoms with E-state index < -0.39 is 0 Å². The molecule has 0 fully saturated rings. The zero-order valence-corrected chi connectivity index (χ0v) is 9.96. The number of halogens is 1. The highest BCUT2D eigenvalue weighted by molar-refractivity contribution is 5.73. The Morgan fingerprint density at radius 2 is 1.62 bits per heavy atom. The van der Waals surface area contributed by atoms with Gasteiger partial charge in [-0.1, -0.05) is 42.5 Å². The highest BCUT2D eigenvalue weighted by Crippen LogP contribution is 2.27. The van der Waals surface area contributed by atoms with E-state index in [1.165, 1.54) is 16.7 Å². The average Bonchev–Trinajstić information content (AvgIpc) is 2.30. The molecule has 0 bridgehead atoms. The van der Waals surface area contributed by atoms with Crippen LogP contribution in [0.15, 0.2) is 48.5 Å². The minimum atomic E-state index is 0. The molecule has 0 atom stereocenters. The first-order valence-electron chi connectivity index (χ1n) is 5.01. The topological polar surface area (TPSA) is 39.7 Å². The molecule has 4 N–H and O–H groups in total. The maximum atomic E-state index is 3.70. The number of nitrogens with one attached hydrogen (secondary N) is 1. The predicted octanol–water partition coefficient (Wildman–Crippen LogP) is -0.765. The predicted molar refractivity (Wildman–Crippen MR) is 63.1 cm³/mol. The van der Waals surface area contributed by atoms with Gasteiger partial charge >= 0.3 is 0 Å². The normalized spacial score (nSPS) is 9.38. The molecule has 0 aliphatic rings. The summed E-state index contributed by atoms with van der Waals surface area (Å²) in [6.45, 7) is 2.11. The number of hydrogen-bond donors (Lipinski definition) is 2. The van der Waals surface area contributed by atoms with Crippen molar-refractivity contribution in [3.8, 4) is 11.1 Å². The van der Waals surface area contributed by atoms with E-state index in [4.69, 9.17) is 0 Å². The summed E-state index contributed by atoms with van der Waals surface area (Å²) >= 11 is 0. The summed E-state index contributed by atoms with van der Waals surface area (Å²) in [5, 5.41) is 0.